The van der Waals surface area contributed by atoms with Crippen molar-refractivity contribution in [1.29, 1.82) is 0 Å². The van der Waals surface area contributed by atoms with Crippen LogP contribution in [0.5, 0.6) is 0 Å². The van der Waals surface area contributed by atoms with Gasteiger partial charge in [0.05, 0.1) is 4.47 Å². The first-order valence-corrected chi connectivity index (χ1v) is 4.62. The highest BCUT2D eigenvalue weighted by molar-refractivity contribution is 14.1. The van der Waals surface area contributed by atoms with Gasteiger partial charge in [0, 0.05) is 9.13 Å². The molecule has 0 aliphatic carbocycles. The fourth-order valence-corrected chi connectivity index (χ4v) is 1.56. The number of carbonyl (C=O) groups excluding carboxylic acids is 1. The third kappa shape index (κ3) is 1.79. The molecule has 1 nitrogen and oxygen atoms in total. The summed E-state index contributed by atoms with van der Waals surface area (Å²) in [7, 11) is 0. The summed E-state index contributed by atoms with van der Waals surface area (Å²) < 4.78 is 13.7. The first-order chi connectivity index (χ1) is 5.16. The number of hydrogen-bond acceptors (Lipinski definition) is 1. The van der Waals surface area contributed by atoms with Crippen LogP contribution in [0.3, 0.4) is 0 Å². The molecule has 0 unspecified atom stereocenters. The molecule has 0 saturated carbocycles. The van der Waals surface area contributed by atoms with Crippen LogP contribution in [-0.4, -0.2) is 6.29 Å². The van der Waals surface area contributed by atoms with Crippen LogP contribution >= 0.6 is 38.5 Å². The molecule has 4 heteroatoms. The van der Waals surface area contributed by atoms with Gasteiger partial charge in [-0.05, 0) is 50.7 Å². The molecule has 0 N–H and O–H groups in total. The van der Waals surface area contributed by atoms with E-state index in [1.807, 2.05) is 22.6 Å². The van der Waals surface area contributed by atoms with Crippen LogP contribution in [0.2, 0.25) is 0 Å². The standard InChI is InChI=1S/C7H3BrFIO/c8-6-5(9)2-1-4(3-11)7(6)10/h1-3H. The Hall–Kier alpha value is 0.0300. The van der Waals surface area contributed by atoms with Gasteiger partial charge >= 0.3 is 0 Å². The Morgan fingerprint density at radius 1 is 1.55 bits per heavy atom. The zero-order valence-electron chi connectivity index (χ0n) is 5.27. The van der Waals surface area contributed by atoms with E-state index in [-0.39, 0.29) is 5.82 Å². The third-order valence-corrected chi connectivity index (χ3v) is 3.87. The van der Waals surface area contributed by atoms with E-state index in [4.69, 9.17) is 0 Å². The lowest BCUT2D eigenvalue weighted by Gasteiger charge is -1.99. The molecule has 0 atom stereocenters. The van der Waals surface area contributed by atoms with E-state index < -0.39 is 0 Å². The van der Waals surface area contributed by atoms with E-state index in [2.05, 4.69) is 15.9 Å². The highest BCUT2D eigenvalue weighted by Crippen LogP contribution is 2.24. The molecule has 58 valence electrons. The Morgan fingerprint density at radius 3 is 2.73 bits per heavy atom. The van der Waals surface area contributed by atoms with Crippen molar-refractivity contribution in [1.82, 2.24) is 0 Å². The quantitative estimate of drug-likeness (QED) is 0.440. The summed E-state index contributed by atoms with van der Waals surface area (Å²) in [6.45, 7) is 0. The van der Waals surface area contributed by atoms with Gasteiger partial charge in [0.15, 0.2) is 6.29 Å². The largest absolute Gasteiger partial charge is 0.298 e. The van der Waals surface area contributed by atoms with Gasteiger partial charge in [0.1, 0.15) is 5.82 Å². The minimum absolute atomic E-state index is 0.347. The van der Waals surface area contributed by atoms with Crippen molar-refractivity contribution < 1.29 is 9.18 Å². The minimum atomic E-state index is -0.347. The Kier molecular flexibility index (Phi) is 3.00. The number of carbonyl (C=O) groups is 1. The van der Waals surface area contributed by atoms with E-state index in [1.165, 1.54) is 12.1 Å². The first-order valence-electron chi connectivity index (χ1n) is 2.75. The molecule has 1 aromatic rings. The van der Waals surface area contributed by atoms with Gasteiger partial charge in [-0.15, -0.1) is 0 Å². The molecular weight excluding hydrogens is 326 g/mol. The smallest absolute Gasteiger partial charge is 0.151 e. The van der Waals surface area contributed by atoms with Crippen molar-refractivity contribution in [2.45, 2.75) is 0 Å². The van der Waals surface area contributed by atoms with Crippen molar-refractivity contribution in [3.63, 3.8) is 0 Å². The lowest BCUT2D eigenvalue weighted by Crippen LogP contribution is -1.89. The summed E-state index contributed by atoms with van der Waals surface area (Å²) in [6, 6.07) is 2.71. The molecule has 0 radical (unpaired) electrons. The van der Waals surface area contributed by atoms with Crippen LogP contribution < -0.4 is 0 Å². The predicted octanol–water partition coefficient (Wildman–Crippen LogP) is 3.01. The van der Waals surface area contributed by atoms with Gasteiger partial charge in [-0.3, -0.25) is 4.79 Å². The Balaban J connectivity index is 3.36. The van der Waals surface area contributed by atoms with Crippen LogP contribution in [0.15, 0.2) is 16.6 Å². The zero-order chi connectivity index (χ0) is 8.43. The summed E-state index contributed by atoms with van der Waals surface area (Å²) in [4.78, 5) is 10.3. The Morgan fingerprint density at radius 2 is 2.18 bits per heavy atom. The number of halogens is 3. The summed E-state index contributed by atoms with van der Waals surface area (Å²) in [5, 5.41) is 0. The highest BCUT2D eigenvalue weighted by atomic mass is 127. The predicted molar refractivity (Wildman–Crippen MR) is 52.2 cm³/mol. The maximum absolute atomic E-state index is 12.7. The summed E-state index contributed by atoms with van der Waals surface area (Å²) in [5.41, 5.74) is 0.499. The fourth-order valence-electron chi connectivity index (χ4n) is 0.632. The van der Waals surface area contributed by atoms with Crippen LogP contribution in [0.25, 0.3) is 0 Å². The Bertz CT molecular complexity index is 301. The topological polar surface area (TPSA) is 17.1 Å². The number of hydrogen-bond donors (Lipinski definition) is 0. The molecule has 0 aliphatic heterocycles. The van der Waals surface area contributed by atoms with Crippen molar-refractivity contribution in [3.05, 3.63) is 31.6 Å². The molecule has 0 spiro atoms. The van der Waals surface area contributed by atoms with Gasteiger partial charge in [0.25, 0.3) is 0 Å². The maximum Gasteiger partial charge on any atom is 0.151 e. The third-order valence-electron chi connectivity index (χ3n) is 1.19. The molecule has 0 saturated heterocycles. The van der Waals surface area contributed by atoms with Crippen LogP contribution in [0, 0.1) is 9.39 Å². The van der Waals surface area contributed by atoms with E-state index in [1.54, 1.807) is 0 Å². The minimum Gasteiger partial charge on any atom is -0.298 e. The van der Waals surface area contributed by atoms with Gasteiger partial charge in [0.2, 0.25) is 0 Å². The summed E-state index contributed by atoms with van der Waals surface area (Å²) in [6.07, 6.45) is 0.700. The lowest BCUT2D eigenvalue weighted by molar-refractivity contribution is 0.112. The van der Waals surface area contributed by atoms with Crippen molar-refractivity contribution >= 4 is 44.8 Å². The molecule has 0 heterocycles. The van der Waals surface area contributed by atoms with Crippen LogP contribution in [0.4, 0.5) is 4.39 Å². The van der Waals surface area contributed by atoms with Gasteiger partial charge in [-0.1, -0.05) is 0 Å². The molecule has 0 fully saturated rings. The van der Waals surface area contributed by atoms with Crippen molar-refractivity contribution in [2.75, 3.05) is 0 Å². The normalized spacial score (nSPS) is 9.73. The number of rotatable bonds is 1. The second-order valence-corrected chi connectivity index (χ2v) is 3.75. The monoisotopic (exact) mass is 328 g/mol. The Labute approximate surface area is 85.3 Å². The van der Waals surface area contributed by atoms with Crippen molar-refractivity contribution in [3.8, 4) is 0 Å². The van der Waals surface area contributed by atoms with E-state index in [0.717, 1.165) is 0 Å². The highest BCUT2D eigenvalue weighted by Gasteiger charge is 2.06. The van der Waals surface area contributed by atoms with Gasteiger partial charge in [-0.25, -0.2) is 4.39 Å². The van der Waals surface area contributed by atoms with Crippen molar-refractivity contribution in [2.24, 2.45) is 0 Å². The average molecular weight is 329 g/mol. The maximum atomic E-state index is 12.7. The SMILES string of the molecule is O=Cc1ccc(F)c(Br)c1I. The molecular formula is C7H3BrFIO. The molecule has 0 aromatic heterocycles. The fraction of sp³-hybridized carbons (Fsp3) is 0. The summed E-state index contributed by atoms with van der Waals surface area (Å²) in [5.74, 6) is -0.347. The van der Waals surface area contributed by atoms with Crippen LogP contribution in [0.1, 0.15) is 10.4 Å². The molecule has 0 aliphatic rings. The first kappa shape index (κ1) is 9.12. The number of benzene rings is 1. The molecule has 1 aromatic carbocycles. The molecule has 1 rings (SSSR count). The van der Waals surface area contributed by atoms with E-state index in [9.17, 15) is 9.18 Å². The van der Waals surface area contributed by atoms with Crippen LogP contribution in [-0.2, 0) is 0 Å². The second-order valence-electron chi connectivity index (χ2n) is 1.88. The van der Waals surface area contributed by atoms with E-state index >= 15 is 0 Å². The molecule has 0 amide bonds. The average Bonchev–Trinajstić information content (AvgIpc) is 2.01. The molecule has 0 bridgehead atoms. The molecule has 11 heavy (non-hydrogen) atoms. The summed E-state index contributed by atoms with van der Waals surface area (Å²) >= 11 is 4.94. The number of aldehydes is 1. The van der Waals surface area contributed by atoms with Gasteiger partial charge < -0.3 is 0 Å². The lowest BCUT2D eigenvalue weighted by atomic mass is 10.2. The van der Waals surface area contributed by atoms with Gasteiger partial charge in [-0.2, -0.15) is 0 Å². The zero-order valence-corrected chi connectivity index (χ0v) is 9.02. The van der Waals surface area contributed by atoms with E-state index in [0.29, 0.717) is 19.9 Å². The second kappa shape index (κ2) is 3.62.